The van der Waals surface area contributed by atoms with Gasteiger partial charge in [-0.1, -0.05) is 0 Å². The van der Waals surface area contributed by atoms with Crippen molar-refractivity contribution in [1.82, 2.24) is 14.7 Å². The lowest BCUT2D eigenvalue weighted by molar-refractivity contribution is -0.137. The average Bonchev–Trinajstić information content (AvgIpc) is 3.04. The van der Waals surface area contributed by atoms with Crippen LogP contribution >= 0.6 is 0 Å². The summed E-state index contributed by atoms with van der Waals surface area (Å²) < 4.78 is 0. The van der Waals surface area contributed by atoms with E-state index in [9.17, 15) is 9.59 Å². The number of carbonyl (C=O) groups excluding carboxylic acids is 1. The molecule has 2 fully saturated rings. The first-order valence-electron chi connectivity index (χ1n) is 7.11. The van der Waals surface area contributed by atoms with Gasteiger partial charge in [0, 0.05) is 25.7 Å². The zero-order valence-electron chi connectivity index (χ0n) is 11.5. The number of likely N-dealkylation sites (tertiary alicyclic amines) is 2. The Morgan fingerprint density at radius 3 is 2.53 bits per heavy atom. The van der Waals surface area contributed by atoms with Gasteiger partial charge in [0.1, 0.15) is 6.54 Å². The minimum Gasteiger partial charge on any atom is -0.480 e. The highest BCUT2D eigenvalue weighted by Crippen LogP contribution is 2.21. The number of carbonyl (C=O) groups is 2. The Labute approximate surface area is 114 Å². The van der Waals surface area contributed by atoms with Crippen LogP contribution in [0.4, 0.5) is 4.79 Å². The third-order valence-corrected chi connectivity index (χ3v) is 4.07. The molecule has 1 N–H and O–H groups in total. The summed E-state index contributed by atoms with van der Waals surface area (Å²) in [5.74, 6) is -0.953. The first-order chi connectivity index (χ1) is 9.11. The molecule has 0 aromatic carbocycles. The van der Waals surface area contributed by atoms with E-state index < -0.39 is 5.97 Å². The van der Waals surface area contributed by atoms with Crippen molar-refractivity contribution < 1.29 is 14.7 Å². The van der Waals surface area contributed by atoms with Gasteiger partial charge in [0.05, 0.1) is 0 Å². The molecule has 2 aliphatic rings. The maximum Gasteiger partial charge on any atom is 0.323 e. The summed E-state index contributed by atoms with van der Waals surface area (Å²) in [6.45, 7) is 5.81. The molecule has 0 aromatic heterocycles. The van der Waals surface area contributed by atoms with Gasteiger partial charge in [-0.25, -0.2) is 4.79 Å². The lowest BCUT2D eigenvalue weighted by Crippen LogP contribution is -2.45. The fourth-order valence-corrected chi connectivity index (χ4v) is 3.00. The molecule has 2 saturated heterocycles. The number of hydrogen-bond acceptors (Lipinski definition) is 3. The maximum atomic E-state index is 12.2. The van der Waals surface area contributed by atoms with Crippen molar-refractivity contribution in [2.75, 3.05) is 39.3 Å². The second kappa shape index (κ2) is 6.23. The van der Waals surface area contributed by atoms with Crippen molar-refractivity contribution in [2.45, 2.75) is 32.2 Å². The molecule has 6 nitrogen and oxygen atoms in total. The van der Waals surface area contributed by atoms with Crippen LogP contribution in [0, 0.1) is 0 Å². The first kappa shape index (κ1) is 14.1. The summed E-state index contributed by atoms with van der Waals surface area (Å²) in [6.07, 6.45) is 3.52. The highest BCUT2D eigenvalue weighted by atomic mass is 16.4. The Morgan fingerprint density at radius 1 is 1.26 bits per heavy atom. The lowest BCUT2D eigenvalue weighted by atomic mass is 10.2. The molecule has 0 spiro atoms. The average molecular weight is 269 g/mol. The van der Waals surface area contributed by atoms with Crippen molar-refractivity contribution >= 4 is 12.0 Å². The molecule has 108 valence electrons. The Hall–Kier alpha value is -1.30. The van der Waals surface area contributed by atoms with E-state index in [0.717, 1.165) is 32.6 Å². The Bertz CT molecular complexity index is 342. The van der Waals surface area contributed by atoms with Crippen LogP contribution in [0.5, 0.6) is 0 Å². The van der Waals surface area contributed by atoms with Crippen molar-refractivity contribution in [3.63, 3.8) is 0 Å². The molecule has 2 aliphatic heterocycles. The van der Waals surface area contributed by atoms with Crippen molar-refractivity contribution in [2.24, 2.45) is 0 Å². The Balaban J connectivity index is 1.88. The Kier molecular flexibility index (Phi) is 4.63. The fourth-order valence-electron chi connectivity index (χ4n) is 3.00. The minimum absolute atomic E-state index is 0.133. The minimum atomic E-state index is -0.953. The van der Waals surface area contributed by atoms with Crippen molar-refractivity contribution in [1.29, 1.82) is 0 Å². The van der Waals surface area contributed by atoms with Gasteiger partial charge in [0.15, 0.2) is 0 Å². The predicted octanol–water partition coefficient (Wildman–Crippen LogP) is 0.683. The quantitative estimate of drug-likeness (QED) is 0.815. The topological polar surface area (TPSA) is 64.1 Å². The number of rotatable bonds is 4. The highest BCUT2D eigenvalue weighted by Gasteiger charge is 2.33. The van der Waals surface area contributed by atoms with E-state index in [4.69, 9.17) is 5.11 Å². The first-order valence-corrected chi connectivity index (χ1v) is 7.11. The van der Waals surface area contributed by atoms with Gasteiger partial charge in [-0.05, 0) is 39.3 Å². The normalized spacial score (nSPS) is 23.8. The molecule has 2 amide bonds. The molecule has 0 saturated carbocycles. The fraction of sp³-hybridized carbons (Fsp3) is 0.846. The van der Waals surface area contributed by atoms with Crippen molar-refractivity contribution in [3.05, 3.63) is 0 Å². The second-order valence-corrected chi connectivity index (χ2v) is 5.32. The van der Waals surface area contributed by atoms with Crippen LogP contribution in [-0.2, 0) is 4.79 Å². The monoisotopic (exact) mass is 269 g/mol. The number of hydrogen-bond donors (Lipinski definition) is 1. The van der Waals surface area contributed by atoms with Gasteiger partial charge in [0.25, 0.3) is 0 Å². The lowest BCUT2D eigenvalue weighted by Gasteiger charge is -2.27. The van der Waals surface area contributed by atoms with Gasteiger partial charge >= 0.3 is 12.0 Å². The van der Waals surface area contributed by atoms with Crippen LogP contribution < -0.4 is 0 Å². The molecule has 19 heavy (non-hydrogen) atoms. The molecule has 0 radical (unpaired) electrons. The Morgan fingerprint density at radius 2 is 1.95 bits per heavy atom. The zero-order chi connectivity index (χ0) is 13.8. The predicted molar refractivity (Wildman–Crippen MR) is 71.1 cm³/mol. The number of carboxylic acids is 1. The smallest absolute Gasteiger partial charge is 0.323 e. The number of amides is 2. The standard InChI is InChI=1S/C13H23N3O3/c1-2-14(10-12(17)18)13(19)16-8-5-11(9-16)15-6-3-4-7-15/h11H,2-10H2,1H3,(H,17,18). The molecule has 1 unspecified atom stereocenters. The largest absolute Gasteiger partial charge is 0.480 e. The molecule has 0 bridgehead atoms. The molecule has 0 aromatic rings. The second-order valence-electron chi connectivity index (χ2n) is 5.32. The SMILES string of the molecule is CCN(CC(=O)O)C(=O)N1CCC(N2CCCC2)C1. The molecule has 6 heteroatoms. The zero-order valence-corrected chi connectivity index (χ0v) is 11.5. The van der Waals surface area contributed by atoms with E-state index in [1.165, 1.54) is 17.7 Å². The third-order valence-electron chi connectivity index (χ3n) is 4.07. The summed E-state index contributed by atoms with van der Waals surface area (Å²) in [6, 6.07) is 0.335. The van der Waals surface area contributed by atoms with E-state index in [-0.39, 0.29) is 12.6 Å². The summed E-state index contributed by atoms with van der Waals surface area (Å²) in [4.78, 5) is 28.6. The number of nitrogens with zero attached hydrogens (tertiary/aromatic N) is 3. The van der Waals surface area contributed by atoms with Crippen LogP contribution in [0.1, 0.15) is 26.2 Å². The van der Waals surface area contributed by atoms with Gasteiger partial charge in [-0.15, -0.1) is 0 Å². The molecule has 0 aliphatic carbocycles. The number of carboxylic acid groups (broad SMARTS) is 1. The van der Waals surface area contributed by atoms with Gasteiger partial charge in [0.2, 0.25) is 0 Å². The highest BCUT2D eigenvalue weighted by molar-refractivity contribution is 5.80. The van der Waals surface area contributed by atoms with Crippen LogP contribution in [0.15, 0.2) is 0 Å². The number of urea groups is 1. The number of aliphatic carboxylic acids is 1. The van der Waals surface area contributed by atoms with Crippen LogP contribution in [-0.4, -0.2) is 77.1 Å². The molecule has 2 rings (SSSR count). The van der Waals surface area contributed by atoms with Crippen LogP contribution in [0.25, 0.3) is 0 Å². The van der Waals surface area contributed by atoms with E-state index in [0.29, 0.717) is 12.6 Å². The molecule has 1 atom stereocenters. The molecular weight excluding hydrogens is 246 g/mol. The van der Waals surface area contributed by atoms with Crippen LogP contribution in [0.3, 0.4) is 0 Å². The summed E-state index contributed by atoms with van der Waals surface area (Å²) in [7, 11) is 0. The number of likely N-dealkylation sites (N-methyl/N-ethyl adjacent to an activating group) is 1. The molecule has 2 heterocycles. The summed E-state index contributed by atoms with van der Waals surface area (Å²) in [5, 5.41) is 8.81. The van der Waals surface area contributed by atoms with Gasteiger partial charge in [-0.3, -0.25) is 9.69 Å². The molecular formula is C13H23N3O3. The van der Waals surface area contributed by atoms with E-state index in [1.807, 2.05) is 6.92 Å². The van der Waals surface area contributed by atoms with Gasteiger partial charge < -0.3 is 14.9 Å². The summed E-state index contributed by atoms with van der Waals surface area (Å²) in [5.41, 5.74) is 0. The van der Waals surface area contributed by atoms with Gasteiger partial charge in [-0.2, -0.15) is 0 Å². The van der Waals surface area contributed by atoms with E-state index in [2.05, 4.69) is 4.90 Å². The van der Waals surface area contributed by atoms with Crippen LogP contribution in [0.2, 0.25) is 0 Å². The third kappa shape index (κ3) is 3.37. The summed E-state index contributed by atoms with van der Waals surface area (Å²) >= 11 is 0. The van der Waals surface area contributed by atoms with Crippen molar-refractivity contribution in [3.8, 4) is 0 Å². The van der Waals surface area contributed by atoms with E-state index >= 15 is 0 Å². The van der Waals surface area contributed by atoms with E-state index in [1.54, 1.807) is 4.90 Å². The maximum absolute atomic E-state index is 12.2.